The molecule has 0 radical (unpaired) electrons. The number of furan rings is 1. The van der Waals surface area contributed by atoms with E-state index >= 15 is 0 Å². The van der Waals surface area contributed by atoms with Gasteiger partial charge in [-0.3, -0.25) is 0 Å². The van der Waals surface area contributed by atoms with Crippen molar-refractivity contribution < 1.29 is 4.42 Å². The van der Waals surface area contributed by atoms with E-state index in [9.17, 15) is 0 Å². The molecule has 10 aromatic rings. The molecule has 0 unspecified atom stereocenters. The second kappa shape index (κ2) is 12.7. The van der Waals surface area contributed by atoms with Gasteiger partial charge in [0.15, 0.2) is 0 Å². The summed E-state index contributed by atoms with van der Waals surface area (Å²) in [6.45, 7) is 9.12. The number of benzene rings is 9. The topological polar surface area (TPSA) is 13.1 Å². The lowest BCUT2D eigenvalue weighted by Crippen LogP contribution is -2.15. The van der Waals surface area contributed by atoms with Crippen molar-refractivity contribution in [2.24, 2.45) is 0 Å². The first kappa shape index (κ1) is 33.6. The molecule has 0 saturated heterocycles. The zero-order chi connectivity index (χ0) is 38.4. The summed E-state index contributed by atoms with van der Waals surface area (Å²) in [4.78, 5) is 0. The van der Waals surface area contributed by atoms with E-state index in [1.807, 2.05) is 0 Å². The van der Waals surface area contributed by atoms with Crippen molar-refractivity contribution in [3.8, 4) is 33.4 Å². The van der Waals surface area contributed by atoms with Crippen molar-refractivity contribution in [1.82, 2.24) is 0 Å². The van der Waals surface area contributed by atoms with Crippen LogP contribution in [0, 0.1) is 0 Å². The van der Waals surface area contributed by atoms with Crippen LogP contribution in [0.15, 0.2) is 174 Å². The van der Waals surface area contributed by atoms with Gasteiger partial charge in [0.2, 0.25) is 0 Å². The lowest BCUT2D eigenvalue weighted by Gasteiger charge is -2.24. The van der Waals surface area contributed by atoms with Gasteiger partial charge in [-0.25, -0.2) is 0 Å². The molecule has 1 heteroatoms. The first-order valence-corrected chi connectivity index (χ1v) is 20.3. The van der Waals surface area contributed by atoms with Gasteiger partial charge in [0, 0.05) is 21.8 Å². The summed E-state index contributed by atoms with van der Waals surface area (Å²) in [6.07, 6.45) is 7.49. The monoisotopic (exact) mass is 730 g/mol. The highest BCUT2D eigenvalue weighted by Gasteiger charge is 2.40. The van der Waals surface area contributed by atoms with Crippen LogP contribution in [-0.2, 0) is 5.41 Å². The van der Waals surface area contributed by atoms with Gasteiger partial charge in [0.05, 0.1) is 0 Å². The molecule has 1 aromatic heterocycles. The van der Waals surface area contributed by atoms with Gasteiger partial charge in [-0.15, -0.1) is 0 Å². The van der Waals surface area contributed by atoms with Crippen LogP contribution in [0.1, 0.15) is 50.8 Å². The largest absolute Gasteiger partial charge is 0.455 e. The molecule has 1 nitrogen and oxygen atoms in total. The summed E-state index contributed by atoms with van der Waals surface area (Å²) in [5.41, 5.74) is 14.6. The fourth-order valence-electron chi connectivity index (χ4n) is 10.3. The Bertz CT molecular complexity index is 3310. The van der Waals surface area contributed by atoms with E-state index in [4.69, 9.17) is 4.42 Å². The van der Waals surface area contributed by atoms with E-state index < -0.39 is 0 Å². The summed E-state index contributed by atoms with van der Waals surface area (Å²) < 4.78 is 6.81. The van der Waals surface area contributed by atoms with E-state index in [0.29, 0.717) is 0 Å². The third-order valence-corrected chi connectivity index (χ3v) is 12.8. The Morgan fingerprint density at radius 2 is 1.11 bits per heavy atom. The number of fused-ring (bicyclic) bond motifs is 13. The average molecular weight is 731 g/mol. The fraction of sp³-hybridized carbons (Fsp3) is 0.107. The Balaban J connectivity index is 1.18. The van der Waals surface area contributed by atoms with E-state index in [1.165, 1.54) is 110 Å². The molecule has 0 saturated carbocycles. The van der Waals surface area contributed by atoms with E-state index in [-0.39, 0.29) is 5.41 Å². The molecule has 0 aliphatic heterocycles. The Morgan fingerprint density at radius 1 is 0.544 bits per heavy atom. The molecule has 0 bridgehead atoms. The zero-order valence-electron chi connectivity index (χ0n) is 32.8. The second-order valence-corrected chi connectivity index (χ2v) is 16.1. The SMILES string of the molecule is C/C=C\C=C(/CC)c1ccc(-c2c3ccccc3c(-c3ccc4c(c3)C(C)(C)c3c-4c4oc5ccccc5c4c4ccccc34)c3ccccc23)c2ccccc12. The molecule has 11 rings (SSSR count). The van der Waals surface area contributed by atoms with Crippen LogP contribution in [0.4, 0.5) is 0 Å². The van der Waals surface area contributed by atoms with E-state index in [0.717, 1.165) is 17.6 Å². The maximum absolute atomic E-state index is 6.81. The summed E-state index contributed by atoms with van der Waals surface area (Å²) in [5.74, 6) is 0. The third kappa shape index (κ3) is 4.76. The number of rotatable bonds is 5. The van der Waals surface area contributed by atoms with Gasteiger partial charge in [0.25, 0.3) is 0 Å². The van der Waals surface area contributed by atoms with Crippen LogP contribution in [0.2, 0.25) is 0 Å². The number of hydrogen-bond donors (Lipinski definition) is 0. The van der Waals surface area contributed by atoms with Gasteiger partial charge in [-0.05, 0) is 119 Å². The van der Waals surface area contributed by atoms with Crippen molar-refractivity contribution in [3.63, 3.8) is 0 Å². The average Bonchev–Trinajstić information content (AvgIpc) is 3.75. The molecule has 0 N–H and O–H groups in total. The molecule has 9 aromatic carbocycles. The van der Waals surface area contributed by atoms with Crippen LogP contribution in [0.5, 0.6) is 0 Å². The first-order valence-electron chi connectivity index (χ1n) is 20.3. The highest BCUT2D eigenvalue weighted by atomic mass is 16.3. The maximum atomic E-state index is 6.81. The van der Waals surface area contributed by atoms with Gasteiger partial charge in [0.1, 0.15) is 11.2 Å². The number of allylic oxidation sites excluding steroid dienone is 4. The second-order valence-electron chi connectivity index (χ2n) is 16.1. The van der Waals surface area contributed by atoms with Crippen LogP contribution in [0.3, 0.4) is 0 Å². The normalized spacial score (nSPS) is 13.9. The van der Waals surface area contributed by atoms with Crippen LogP contribution < -0.4 is 0 Å². The number of para-hydroxylation sites is 1. The lowest BCUT2D eigenvalue weighted by molar-refractivity contribution is 0.658. The predicted molar refractivity (Wildman–Crippen MR) is 245 cm³/mol. The molecule has 57 heavy (non-hydrogen) atoms. The minimum Gasteiger partial charge on any atom is -0.455 e. The predicted octanol–water partition coefficient (Wildman–Crippen LogP) is 16.2. The summed E-state index contributed by atoms with van der Waals surface area (Å²) in [6, 6.07) is 56.4. The molecular formula is C56H42O. The zero-order valence-corrected chi connectivity index (χ0v) is 32.8. The third-order valence-electron chi connectivity index (χ3n) is 12.8. The van der Waals surface area contributed by atoms with Gasteiger partial charge in [-0.1, -0.05) is 179 Å². The summed E-state index contributed by atoms with van der Waals surface area (Å²) in [7, 11) is 0. The molecule has 0 fully saturated rings. The number of hydrogen-bond acceptors (Lipinski definition) is 1. The Labute approximate surface area is 333 Å². The quantitative estimate of drug-likeness (QED) is 0.127. The molecule has 1 aliphatic carbocycles. The van der Waals surface area contributed by atoms with Crippen LogP contribution in [0.25, 0.3) is 104 Å². The highest BCUT2D eigenvalue weighted by Crippen LogP contribution is 2.57. The van der Waals surface area contributed by atoms with Crippen molar-refractivity contribution in [1.29, 1.82) is 0 Å². The highest BCUT2D eigenvalue weighted by molar-refractivity contribution is 6.26. The molecule has 0 atom stereocenters. The molecule has 1 heterocycles. The summed E-state index contributed by atoms with van der Waals surface area (Å²) >= 11 is 0. The van der Waals surface area contributed by atoms with Crippen LogP contribution in [-0.4, -0.2) is 0 Å². The standard InChI is InChI=1S/C56H42O/c1-5-7-18-34(6-2)36-31-32-44(38-20-9-8-19-37(36)38)51-41-23-12-10-21-39(41)50(40-22-11-13-24-42(40)51)35-29-30-46-48(33-35)56(3,4)54-45-26-15-14-25-43(45)52-47-27-16-17-28-49(47)57-55(52)53(46)54/h5,7-33H,6H2,1-4H3/b7-5-,34-18+. The lowest BCUT2D eigenvalue weighted by atomic mass is 9.78. The van der Waals surface area contributed by atoms with Gasteiger partial charge < -0.3 is 4.42 Å². The molecule has 1 aliphatic rings. The van der Waals surface area contributed by atoms with E-state index in [1.54, 1.807) is 0 Å². The Morgan fingerprint density at radius 3 is 1.77 bits per heavy atom. The fourth-order valence-corrected chi connectivity index (χ4v) is 10.3. The van der Waals surface area contributed by atoms with Crippen molar-refractivity contribution in [3.05, 3.63) is 187 Å². The Kier molecular flexibility index (Phi) is 7.47. The van der Waals surface area contributed by atoms with E-state index in [2.05, 4.69) is 198 Å². The van der Waals surface area contributed by atoms with Crippen molar-refractivity contribution >= 4 is 70.6 Å². The van der Waals surface area contributed by atoms with Gasteiger partial charge >= 0.3 is 0 Å². The van der Waals surface area contributed by atoms with Crippen molar-refractivity contribution in [2.45, 2.75) is 39.5 Å². The smallest absolute Gasteiger partial charge is 0.144 e. The minimum absolute atomic E-state index is 0.252. The van der Waals surface area contributed by atoms with Gasteiger partial charge in [-0.2, -0.15) is 0 Å². The molecule has 272 valence electrons. The van der Waals surface area contributed by atoms with Crippen LogP contribution >= 0.6 is 0 Å². The molecule has 0 amide bonds. The summed E-state index contributed by atoms with van der Waals surface area (Å²) in [5, 5.41) is 12.6. The maximum Gasteiger partial charge on any atom is 0.144 e. The molecule has 0 spiro atoms. The Hall–Kier alpha value is -6.70. The molecular weight excluding hydrogens is 689 g/mol. The van der Waals surface area contributed by atoms with Crippen molar-refractivity contribution in [2.75, 3.05) is 0 Å². The minimum atomic E-state index is -0.252. The first-order chi connectivity index (χ1) is 28.0.